The highest BCUT2D eigenvalue weighted by Gasteiger charge is 2.38. The summed E-state index contributed by atoms with van der Waals surface area (Å²) in [5, 5.41) is 0. The molecule has 0 aromatic carbocycles. The molecule has 0 bridgehead atoms. The van der Waals surface area contributed by atoms with E-state index in [1.807, 2.05) is 0 Å². The lowest BCUT2D eigenvalue weighted by Crippen LogP contribution is -1.99. The van der Waals surface area contributed by atoms with Crippen LogP contribution in [0.1, 0.15) is 46.5 Å². The normalized spacial score (nSPS) is 47.2. The predicted octanol–water partition coefficient (Wildman–Crippen LogP) is 3.71. The van der Waals surface area contributed by atoms with Gasteiger partial charge in [-0.1, -0.05) is 27.2 Å². The third-order valence-corrected chi connectivity index (χ3v) is 4.17. The van der Waals surface area contributed by atoms with Crippen molar-refractivity contribution in [1.29, 1.82) is 0 Å². The van der Waals surface area contributed by atoms with Gasteiger partial charge in [-0.15, -0.1) is 0 Å². The first-order chi connectivity index (χ1) is 5.68. The van der Waals surface area contributed by atoms with E-state index in [2.05, 4.69) is 20.8 Å². The molecule has 0 heterocycles. The molecule has 0 aromatic heterocycles. The summed E-state index contributed by atoms with van der Waals surface area (Å²) in [6, 6.07) is 0. The van der Waals surface area contributed by atoms with Crippen molar-refractivity contribution < 1.29 is 0 Å². The van der Waals surface area contributed by atoms with Crippen molar-refractivity contribution in [2.24, 2.45) is 29.6 Å². The highest BCUT2D eigenvalue weighted by atomic mass is 14.4. The number of hydrogen-bond donors (Lipinski definition) is 0. The van der Waals surface area contributed by atoms with E-state index in [1.165, 1.54) is 25.7 Å². The molecule has 0 nitrogen and oxygen atoms in total. The van der Waals surface area contributed by atoms with Crippen LogP contribution in [-0.4, -0.2) is 0 Å². The highest BCUT2D eigenvalue weighted by Crippen LogP contribution is 2.48. The maximum Gasteiger partial charge on any atom is -0.0360 e. The van der Waals surface area contributed by atoms with Crippen molar-refractivity contribution >= 4 is 0 Å². The van der Waals surface area contributed by atoms with Gasteiger partial charge in [0.15, 0.2) is 0 Å². The van der Waals surface area contributed by atoms with Gasteiger partial charge in [0.25, 0.3) is 0 Å². The predicted molar refractivity (Wildman–Crippen MR) is 52.9 cm³/mol. The first-order valence-corrected chi connectivity index (χ1v) is 5.68. The molecule has 5 unspecified atom stereocenters. The molecule has 0 radical (unpaired) electrons. The quantitative estimate of drug-likeness (QED) is 0.597. The van der Waals surface area contributed by atoms with Crippen LogP contribution in [0.15, 0.2) is 0 Å². The Morgan fingerprint density at radius 3 is 2.17 bits per heavy atom. The summed E-state index contributed by atoms with van der Waals surface area (Å²) in [5.41, 5.74) is 0. The summed E-state index contributed by atoms with van der Waals surface area (Å²) < 4.78 is 0. The molecule has 0 amide bonds. The molecule has 2 fully saturated rings. The van der Waals surface area contributed by atoms with Gasteiger partial charge in [-0.05, 0) is 48.9 Å². The van der Waals surface area contributed by atoms with Crippen molar-refractivity contribution in [3.63, 3.8) is 0 Å². The molecule has 2 rings (SSSR count). The minimum atomic E-state index is 1.02. The van der Waals surface area contributed by atoms with E-state index in [9.17, 15) is 0 Å². The van der Waals surface area contributed by atoms with Crippen LogP contribution in [0.3, 0.4) is 0 Å². The zero-order chi connectivity index (χ0) is 8.72. The van der Waals surface area contributed by atoms with E-state index < -0.39 is 0 Å². The third-order valence-electron chi connectivity index (χ3n) is 4.17. The Kier molecular flexibility index (Phi) is 2.18. The number of rotatable bonds is 4. The van der Waals surface area contributed by atoms with Gasteiger partial charge >= 0.3 is 0 Å². The van der Waals surface area contributed by atoms with Crippen molar-refractivity contribution in [2.75, 3.05) is 0 Å². The average Bonchev–Trinajstić information content (AvgIpc) is 2.87. The van der Waals surface area contributed by atoms with E-state index in [0.717, 1.165) is 29.6 Å². The molecule has 0 spiro atoms. The van der Waals surface area contributed by atoms with Gasteiger partial charge in [0.2, 0.25) is 0 Å². The Hall–Kier alpha value is 0. The lowest BCUT2D eigenvalue weighted by Gasteiger charge is -2.09. The Morgan fingerprint density at radius 1 is 1.17 bits per heavy atom. The molecule has 2 aliphatic carbocycles. The Labute approximate surface area is 76.7 Å². The lowest BCUT2D eigenvalue weighted by atomic mass is 9.97. The van der Waals surface area contributed by atoms with Crippen LogP contribution in [0.4, 0.5) is 0 Å². The van der Waals surface area contributed by atoms with E-state index in [0.29, 0.717) is 0 Å². The monoisotopic (exact) mass is 166 g/mol. The first-order valence-electron chi connectivity index (χ1n) is 5.68. The fourth-order valence-electron chi connectivity index (χ4n) is 2.64. The first kappa shape index (κ1) is 8.59. The molecule has 70 valence electrons. The molecular weight excluding hydrogens is 144 g/mol. The maximum atomic E-state index is 2.46. The van der Waals surface area contributed by atoms with Gasteiger partial charge in [-0.2, -0.15) is 0 Å². The number of hydrogen-bond acceptors (Lipinski definition) is 0. The summed E-state index contributed by atoms with van der Waals surface area (Å²) in [7, 11) is 0. The summed E-state index contributed by atoms with van der Waals surface area (Å²) in [5.74, 6) is 5.35. The highest BCUT2D eigenvalue weighted by molar-refractivity contribution is 4.88. The molecule has 2 saturated carbocycles. The SMILES string of the molecule is CC1CC1CCC(C)C1CC1C. The van der Waals surface area contributed by atoms with E-state index in [4.69, 9.17) is 0 Å². The van der Waals surface area contributed by atoms with Gasteiger partial charge in [0.05, 0.1) is 0 Å². The lowest BCUT2D eigenvalue weighted by molar-refractivity contribution is 0.417. The molecule has 2 aliphatic rings. The van der Waals surface area contributed by atoms with E-state index in [1.54, 1.807) is 0 Å². The Balaban J connectivity index is 1.60. The van der Waals surface area contributed by atoms with Crippen LogP contribution < -0.4 is 0 Å². The Morgan fingerprint density at radius 2 is 1.75 bits per heavy atom. The second kappa shape index (κ2) is 3.05. The standard InChI is InChI=1S/C12H22/c1-8(12-7-10(12)3)4-5-11-6-9(11)2/h8-12H,4-7H2,1-3H3. The van der Waals surface area contributed by atoms with Crippen LogP contribution in [-0.2, 0) is 0 Å². The van der Waals surface area contributed by atoms with Gasteiger partial charge in [-0.25, -0.2) is 0 Å². The summed E-state index contributed by atoms with van der Waals surface area (Å²) in [6.07, 6.45) is 6.06. The van der Waals surface area contributed by atoms with Crippen LogP contribution in [0.5, 0.6) is 0 Å². The molecule has 0 N–H and O–H groups in total. The van der Waals surface area contributed by atoms with Crippen molar-refractivity contribution in [3.05, 3.63) is 0 Å². The zero-order valence-electron chi connectivity index (χ0n) is 8.72. The molecule has 0 aliphatic heterocycles. The van der Waals surface area contributed by atoms with Crippen molar-refractivity contribution in [1.82, 2.24) is 0 Å². The fraction of sp³-hybridized carbons (Fsp3) is 1.00. The largest absolute Gasteiger partial charge is 0.0622 e. The average molecular weight is 166 g/mol. The van der Waals surface area contributed by atoms with Crippen molar-refractivity contribution in [3.8, 4) is 0 Å². The summed E-state index contributed by atoms with van der Waals surface area (Å²) >= 11 is 0. The minimum absolute atomic E-state index is 1.02. The zero-order valence-corrected chi connectivity index (χ0v) is 8.72. The summed E-state index contributed by atoms with van der Waals surface area (Å²) in [6.45, 7) is 7.26. The van der Waals surface area contributed by atoms with Crippen LogP contribution in [0.25, 0.3) is 0 Å². The molecule has 5 atom stereocenters. The molecule has 0 saturated heterocycles. The van der Waals surface area contributed by atoms with Crippen LogP contribution in [0.2, 0.25) is 0 Å². The summed E-state index contributed by atoms with van der Waals surface area (Å²) in [4.78, 5) is 0. The smallest absolute Gasteiger partial charge is 0.0360 e. The Bertz CT molecular complexity index is 161. The molecule has 0 aromatic rings. The fourth-order valence-corrected chi connectivity index (χ4v) is 2.64. The van der Waals surface area contributed by atoms with E-state index >= 15 is 0 Å². The van der Waals surface area contributed by atoms with Crippen molar-refractivity contribution in [2.45, 2.75) is 46.5 Å². The maximum absolute atomic E-state index is 2.46. The molecule has 0 heteroatoms. The second-order valence-corrected chi connectivity index (χ2v) is 5.40. The molecular formula is C12H22. The molecule has 12 heavy (non-hydrogen) atoms. The second-order valence-electron chi connectivity index (χ2n) is 5.40. The van der Waals surface area contributed by atoms with E-state index in [-0.39, 0.29) is 0 Å². The van der Waals surface area contributed by atoms with Gasteiger partial charge in [0.1, 0.15) is 0 Å². The minimum Gasteiger partial charge on any atom is -0.0622 e. The van der Waals surface area contributed by atoms with Gasteiger partial charge in [-0.3, -0.25) is 0 Å². The third kappa shape index (κ3) is 1.84. The van der Waals surface area contributed by atoms with Crippen LogP contribution in [0, 0.1) is 29.6 Å². The van der Waals surface area contributed by atoms with Crippen LogP contribution >= 0.6 is 0 Å². The van der Waals surface area contributed by atoms with Gasteiger partial charge in [0, 0.05) is 0 Å². The van der Waals surface area contributed by atoms with Gasteiger partial charge < -0.3 is 0 Å². The topological polar surface area (TPSA) is 0 Å².